The van der Waals surface area contributed by atoms with Gasteiger partial charge in [-0.1, -0.05) is 12.1 Å². The minimum Gasteiger partial charge on any atom is -0.492 e. The Bertz CT molecular complexity index is 936. The minimum absolute atomic E-state index is 0.601. The van der Waals surface area contributed by atoms with E-state index in [0.29, 0.717) is 19.2 Å². The predicted molar refractivity (Wildman–Crippen MR) is 114 cm³/mol. The topological polar surface area (TPSA) is 75.3 Å². The maximum Gasteiger partial charge on any atom is 0.154 e. The molecular weight excluding hydrogens is 366 g/mol. The molecule has 3 heterocycles. The highest BCUT2D eigenvalue weighted by Crippen LogP contribution is 2.21. The molecule has 0 radical (unpaired) electrons. The average molecular weight is 396 g/mol. The molecule has 7 nitrogen and oxygen atoms in total. The number of aromatic amines is 1. The summed E-state index contributed by atoms with van der Waals surface area (Å²) >= 11 is 0. The molecule has 0 bridgehead atoms. The molecule has 3 aromatic rings. The highest BCUT2D eigenvalue weighted by Gasteiger charge is 2.18. The normalized spacial score (nSPS) is 15.1. The summed E-state index contributed by atoms with van der Waals surface area (Å²) in [6.45, 7) is 6.02. The van der Waals surface area contributed by atoms with Crippen molar-refractivity contribution < 1.29 is 9.47 Å². The summed E-state index contributed by atoms with van der Waals surface area (Å²) < 4.78 is 11.4. The molecule has 4 rings (SSSR count). The van der Waals surface area contributed by atoms with Crippen molar-refractivity contribution >= 4 is 16.9 Å². The van der Waals surface area contributed by atoms with Gasteiger partial charge >= 0.3 is 0 Å². The number of fused-ring (bicyclic) bond motifs is 1. The second-order valence-corrected chi connectivity index (χ2v) is 7.61. The van der Waals surface area contributed by atoms with Crippen LogP contribution in [0.2, 0.25) is 0 Å². The first kappa shape index (κ1) is 19.7. The van der Waals surface area contributed by atoms with Gasteiger partial charge in [0, 0.05) is 38.0 Å². The fraction of sp³-hybridized carbons (Fsp3) is 0.455. The maximum absolute atomic E-state index is 6.00. The van der Waals surface area contributed by atoms with Crippen molar-refractivity contribution in [1.82, 2.24) is 19.9 Å². The Hall–Kier alpha value is -2.64. The third-order valence-electron chi connectivity index (χ3n) is 5.44. The zero-order valence-corrected chi connectivity index (χ0v) is 17.1. The number of anilines is 1. The van der Waals surface area contributed by atoms with Crippen LogP contribution in [0.3, 0.4) is 0 Å². The smallest absolute Gasteiger partial charge is 0.154 e. The second kappa shape index (κ2) is 9.24. The molecule has 1 saturated heterocycles. The lowest BCUT2D eigenvalue weighted by atomic mass is 10.1. The number of aromatic nitrogens is 3. The van der Waals surface area contributed by atoms with Crippen LogP contribution in [0, 0.1) is 6.92 Å². The predicted octanol–water partition coefficient (Wildman–Crippen LogP) is 3.37. The molecule has 1 aromatic carbocycles. The van der Waals surface area contributed by atoms with Crippen LogP contribution in [0.15, 0.2) is 36.7 Å². The number of aryl methyl sites for hydroxylation is 1. The Morgan fingerprint density at radius 3 is 2.97 bits per heavy atom. The zero-order chi connectivity index (χ0) is 20.1. The molecule has 2 N–H and O–H groups in total. The van der Waals surface area contributed by atoms with Crippen LogP contribution in [0.1, 0.15) is 24.1 Å². The molecule has 1 aliphatic heterocycles. The molecule has 1 fully saturated rings. The Balaban J connectivity index is 1.30. The van der Waals surface area contributed by atoms with E-state index in [9.17, 15) is 0 Å². The van der Waals surface area contributed by atoms with Crippen molar-refractivity contribution in [3.05, 3.63) is 47.9 Å². The van der Waals surface area contributed by atoms with E-state index < -0.39 is 0 Å². The van der Waals surface area contributed by atoms with Gasteiger partial charge in [0.2, 0.25) is 0 Å². The lowest BCUT2D eigenvalue weighted by Crippen LogP contribution is -2.38. The quantitative estimate of drug-likeness (QED) is 0.609. The highest BCUT2D eigenvalue weighted by molar-refractivity contribution is 5.86. The van der Waals surface area contributed by atoms with E-state index >= 15 is 0 Å². The lowest BCUT2D eigenvalue weighted by Gasteiger charge is -2.31. The van der Waals surface area contributed by atoms with Crippen molar-refractivity contribution in [2.24, 2.45) is 0 Å². The summed E-state index contributed by atoms with van der Waals surface area (Å²) in [6.07, 6.45) is 3.80. The molecule has 154 valence electrons. The molecule has 2 aromatic heterocycles. The summed E-state index contributed by atoms with van der Waals surface area (Å²) in [7, 11) is 2.17. The lowest BCUT2D eigenvalue weighted by molar-refractivity contribution is 0.0392. The zero-order valence-electron chi connectivity index (χ0n) is 17.1. The van der Waals surface area contributed by atoms with Gasteiger partial charge in [0.1, 0.15) is 24.2 Å². The standard InChI is InChI=1S/C22H29N5O2/c1-16-12-20-21(26-16)22(25-15-24-20)23-14-17-4-3-5-19(13-17)29-11-8-27(2)18-6-9-28-10-7-18/h3-5,12-13,15,18,26H,6-11,14H2,1-2H3,(H,23,24,25). The van der Waals surface area contributed by atoms with Crippen molar-refractivity contribution in [1.29, 1.82) is 0 Å². The third-order valence-corrected chi connectivity index (χ3v) is 5.44. The molecule has 0 aliphatic carbocycles. The van der Waals surface area contributed by atoms with Crippen LogP contribution in [0.25, 0.3) is 11.0 Å². The number of H-pyrrole nitrogens is 1. The molecular formula is C22H29N5O2. The Kier molecular flexibility index (Phi) is 6.27. The Morgan fingerprint density at radius 2 is 2.10 bits per heavy atom. The largest absolute Gasteiger partial charge is 0.492 e. The van der Waals surface area contributed by atoms with Crippen LogP contribution < -0.4 is 10.1 Å². The molecule has 0 saturated carbocycles. The van der Waals surface area contributed by atoms with Crippen molar-refractivity contribution in [3.63, 3.8) is 0 Å². The van der Waals surface area contributed by atoms with Gasteiger partial charge in [0.05, 0.1) is 5.52 Å². The SMILES string of the molecule is Cc1cc2ncnc(NCc3cccc(OCCN(C)C4CCOCC4)c3)c2[nH]1. The summed E-state index contributed by atoms with van der Waals surface area (Å²) in [5.74, 6) is 1.71. The van der Waals surface area contributed by atoms with Gasteiger partial charge in [0.25, 0.3) is 0 Å². The monoisotopic (exact) mass is 395 g/mol. The fourth-order valence-corrected chi connectivity index (χ4v) is 3.75. The number of likely N-dealkylation sites (N-methyl/N-ethyl adjacent to an activating group) is 1. The van der Waals surface area contributed by atoms with E-state index in [-0.39, 0.29) is 0 Å². The van der Waals surface area contributed by atoms with Gasteiger partial charge in [-0.2, -0.15) is 0 Å². The molecule has 7 heteroatoms. The van der Waals surface area contributed by atoms with E-state index in [0.717, 1.165) is 66.5 Å². The summed E-state index contributed by atoms with van der Waals surface area (Å²) in [5, 5.41) is 3.40. The van der Waals surface area contributed by atoms with Crippen molar-refractivity contribution in [3.8, 4) is 5.75 Å². The first-order valence-electron chi connectivity index (χ1n) is 10.2. The number of hydrogen-bond donors (Lipinski definition) is 2. The van der Waals surface area contributed by atoms with Crippen LogP contribution in [-0.2, 0) is 11.3 Å². The fourth-order valence-electron chi connectivity index (χ4n) is 3.75. The first-order valence-corrected chi connectivity index (χ1v) is 10.2. The van der Waals surface area contributed by atoms with Crippen LogP contribution in [0.5, 0.6) is 5.75 Å². The summed E-state index contributed by atoms with van der Waals surface area (Å²) in [4.78, 5) is 14.4. The summed E-state index contributed by atoms with van der Waals surface area (Å²) in [6, 6.07) is 10.8. The molecule has 0 atom stereocenters. The van der Waals surface area contributed by atoms with E-state index in [1.807, 2.05) is 25.1 Å². The Morgan fingerprint density at radius 1 is 1.24 bits per heavy atom. The number of ether oxygens (including phenoxy) is 2. The average Bonchev–Trinajstić information content (AvgIpc) is 3.14. The number of benzene rings is 1. The maximum atomic E-state index is 6.00. The van der Waals surface area contributed by atoms with Crippen LogP contribution >= 0.6 is 0 Å². The van der Waals surface area contributed by atoms with Gasteiger partial charge in [-0.3, -0.25) is 4.90 Å². The highest BCUT2D eigenvalue weighted by atomic mass is 16.5. The number of nitrogens with zero attached hydrogens (tertiary/aromatic N) is 3. The van der Waals surface area contributed by atoms with E-state index in [2.05, 4.69) is 44.3 Å². The van der Waals surface area contributed by atoms with Gasteiger partial charge in [0.15, 0.2) is 5.82 Å². The number of rotatable bonds is 8. The van der Waals surface area contributed by atoms with E-state index in [1.165, 1.54) is 0 Å². The van der Waals surface area contributed by atoms with Gasteiger partial charge in [-0.25, -0.2) is 9.97 Å². The second-order valence-electron chi connectivity index (χ2n) is 7.61. The van der Waals surface area contributed by atoms with Crippen molar-refractivity contribution in [2.75, 3.05) is 38.7 Å². The number of hydrogen-bond acceptors (Lipinski definition) is 6. The minimum atomic E-state index is 0.601. The number of nitrogens with one attached hydrogen (secondary N) is 2. The van der Waals surface area contributed by atoms with Crippen LogP contribution in [0.4, 0.5) is 5.82 Å². The Labute approximate surface area is 171 Å². The van der Waals surface area contributed by atoms with Gasteiger partial charge < -0.3 is 19.8 Å². The van der Waals surface area contributed by atoms with Gasteiger partial charge in [-0.05, 0) is 50.6 Å². The molecule has 0 amide bonds. The molecule has 29 heavy (non-hydrogen) atoms. The first-order chi connectivity index (χ1) is 14.2. The molecule has 0 unspecified atom stereocenters. The third kappa shape index (κ3) is 5.05. The van der Waals surface area contributed by atoms with Gasteiger partial charge in [-0.15, -0.1) is 0 Å². The summed E-state index contributed by atoms with van der Waals surface area (Å²) in [5.41, 5.74) is 4.08. The van der Waals surface area contributed by atoms with Crippen molar-refractivity contribution in [2.45, 2.75) is 32.4 Å². The molecule has 0 spiro atoms. The van der Waals surface area contributed by atoms with E-state index in [4.69, 9.17) is 9.47 Å². The van der Waals surface area contributed by atoms with Crippen LogP contribution in [-0.4, -0.2) is 59.3 Å². The molecule has 1 aliphatic rings. The van der Waals surface area contributed by atoms with E-state index in [1.54, 1.807) is 6.33 Å².